The molecule has 0 aliphatic rings. The Balaban J connectivity index is 1.44. The minimum atomic E-state index is -0.519. The monoisotopic (exact) mass is 373 g/mol. The van der Waals surface area contributed by atoms with Gasteiger partial charge >= 0.3 is 0 Å². The highest BCUT2D eigenvalue weighted by atomic mass is 32.1. The molecule has 0 spiro atoms. The number of benzene rings is 1. The van der Waals surface area contributed by atoms with Crippen LogP contribution in [0.5, 0.6) is 0 Å². The average Bonchev–Trinajstić information content (AvgIpc) is 3.31. The van der Waals surface area contributed by atoms with E-state index in [0.717, 1.165) is 4.88 Å². The van der Waals surface area contributed by atoms with Crippen molar-refractivity contribution in [2.75, 3.05) is 5.43 Å². The zero-order valence-electron chi connectivity index (χ0n) is 13.5. The lowest BCUT2D eigenvalue weighted by Crippen LogP contribution is -2.29. The van der Waals surface area contributed by atoms with Gasteiger partial charge in [-0.15, -0.1) is 11.3 Å². The Morgan fingerprint density at radius 1 is 1.27 bits per heavy atom. The van der Waals surface area contributed by atoms with E-state index in [4.69, 9.17) is 4.52 Å². The molecule has 0 fully saturated rings. The fourth-order valence-corrected chi connectivity index (χ4v) is 2.85. The number of amides is 1. The third-order valence-electron chi connectivity index (χ3n) is 3.44. The maximum atomic E-state index is 11.9. The Morgan fingerprint density at radius 3 is 2.88 bits per heavy atom. The second-order valence-corrected chi connectivity index (χ2v) is 6.24. The van der Waals surface area contributed by atoms with Crippen molar-refractivity contribution < 1.29 is 14.2 Å². The first-order chi connectivity index (χ1) is 12.6. The summed E-state index contributed by atoms with van der Waals surface area (Å²) in [6, 6.07) is 9.88. The molecule has 1 amide bonds. The molecule has 2 heterocycles. The molecule has 9 nitrogen and oxygen atoms in total. The van der Waals surface area contributed by atoms with Crippen LogP contribution in [-0.4, -0.2) is 21.0 Å². The van der Waals surface area contributed by atoms with Gasteiger partial charge in [0, 0.05) is 18.9 Å². The van der Waals surface area contributed by atoms with E-state index >= 15 is 0 Å². The third-order valence-corrected chi connectivity index (χ3v) is 4.31. The number of nitrogens with zero attached hydrogens (tertiary/aromatic N) is 3. The highest BCUT2D eigenvalue weighted by molar-refractivity contribution is 7.13. The normalized spacial score (nSPS) is 10.5. The molecule has 26 heavy (non-hydrogen) atoms. The van der Waals surface area contributed by atoms with E-state index in [-0.39, 0.29) is 23.7 Å². The van der Waals surface area contributed by atoms with Gasteiger partial charge in [0.1, 0.15) is 5.69 Å². The molecule has 134 valence electrons. The van der Waals surface area contributed by atoms with Gasteiger partial charge < -0.3 is 4.52 Å². The molecule has 2 N–H and O–H groups in total. The summed E-state index contributed by atoms with van der Waals surface area (Å²) in [6.45, 7) is 0. The summed E-state index contributed by atoms with van der Waals surface area (Å²) in [7, 11) is 0. The molecular formula is C16H15N5O4S. The number of hydrogen-bond acceptors (Lipinski definition) is 8. The zero-order valence-corrected chi connectivity index (χ0v) is 14.4. The fourth-order valence-electron chi connectivity index (χ4n) is 2.20. The lowest BCUT2D eigenvalue weighted by Gasteiger charge is -2.08. The molecule has 0 atom stereocenters. The number of rotatable bonds is 8. The van der Waals surface area contributed by atoms with Crippen molar-refractivity contribution in [3.8, 4) is 10.7 Å². The van der Waals surface area contributed by atoms with Gasteiger partial charge in [-0.05, 0) is 23.9 Å². The number of nitro groups is 1. The third kappa shape index (κ3) is 4.42. The van der Waals surface area contributed by atoms with Gasteiger partial charge in [0.15, 0.2) is 0 Å². The molecule has 0 aliphatic heterocycles. The van der Waals surface area contributed by atoms with Crippen LogP contribution in [0.3, 0.4) is 0 Å². The van der Waals surface area contributed by atoms with Gasteiger partial charge in [-0.2, -0.15) is 4.98 Å². The SMILES string of the molecule is O=C(CCCc1nc(-c2cccs2)no1)NNc1ccccc1[N+](=O)[O-]. The molecule has 0 saturated heterocycles. The molecule has 2 aromatic heterocycles. The van der Waals surface area contributed by atoms with Crippen molar-refractivity contribution in [3.05, 3.63) is 57.8 Å². The minimum Gasteiger partial charge on any atom is -0.339 e. The van der Waals surface area contributed by atoms with E-state index < -0.39 is 4.92 Å². The Hall–Kier alpha value is -3.27. The quantitative estimate of drug-likeness (QED) is 0.459. The van der Waals surface area contributed by atoms with E-state index in [9.17, 15) is 14.9 Å². The molecule has 0 saturated carbocycles. The molecule has 3 aromatic rings. The first kappa shape index (κ1) is 17.5. The number of thiophene rings is 1. The smallest absolute Gasteiger partial charge is 0.294 e. The Kier molecular flexibility index (Phi) is 5.54. The van der Waals surface area contributed by atoms with Crippen LogP contribution in [0.2, 0.25) is 0 Å². The Bertz CT molecular complexity index is 894. The van der Waals surface area contributed by atoms with Crippen molar-refractivity contribution in [1.29, 1.82) is 0 Å². The second-order valence-electron chi connectivity index (χ2n) is 5.29. The van der Waals surface area contributed by atoms with Gasteiger partial charge in [0.05, 0.1) is 9.80 Å². The number of nitrogens with one attached hydrogen (secondary N) is 2. The summed E-state index contributed by atoms with van der Waals surface area (Å²) in [5.74, 6) is 0.714. The van der Waals surface area contributed by atoms with E-state index in [1.54, 1.807) is 12.1 Å². The number of hydrogen-bond donors (Lipinski definition) is 2. The average molecular weight is 373 g/mol. The molecule has 3 rings (SSSR count). The first-order valence-electron chi connectivity index (χ1n) is 7.78. The van der Waals surface area contributed by atoms with Crippen molar-refractivity contribution in [3.63, 3.8) is 0 Å². The predicted molar refractivity (Wildman–Crippen MR) is 95.4 cm³/mol. The highest BCUT2D eigenvalue weighted by Crippen LogP contribution is 2.23. The van der Waals surface area contributed by atoms with E-state index in [1.165, 1.54) is 23.5 Å². The number of carbonyl (C=O) groups is 1. The molecule has 0 unspecified atom stereocenters. The van der Waals surface area contributed by atoms with E-state index in [0.29, 0.717) is 24.6 Å². The number of aryl methyl sites for hydroxylation is 1. The summed E-state index contributed by atoms with van der Waals surface area (Å²) < 4.78 is 5.16. The summed E-state index contributed by atoms with van der Waals surface area (Å²) in [6.07, 6.45) is 1.19. The van der Waals surface area contributed by atoms with Gasteiger partial charge in [0.2, 0.25) is 17.6 Å². The first-order valence-corrected chi connectivity index (χ1v) is 8.66. The van der Waals surface area contributed by atoms with Crippen LogP contribution in [-0.2, 0) is 11.2 Å². The molecule has 10 heteroatoms. The molecule has 0 aliphatic carbocycles. The summed E-state index contributed by atoms with van der Waals surface area (Å²) in [5, 5.41) is 16.7. The second kappa shape index (κ2) is 8.21. The summed E-state index contributed by atoms with van der Waals surface area (Å²) >= 11 is 1.52. The minimum absolute atomic E-state index is 0.111. The van der Waals surface area contributed by atoms with Crippen molar-refractivity contribution >= 4 is 28.6 Å². The van der Waals surface area contributed by atoms with Crippen molar-refractivity contribution in [1.82, 2.24) is 15.6 Å². The van der Waals surface area contributed by atoms with Crippen LogP contribution in [0, 0.1) is 10.1 Å². The fraction of sp³-hybridized carbons (Fsp3) is 0.188. The van der Waals surface area contributed by atoms with Crippen LogP contribution in [0.25, 0.3) is 10.7 Å². The number of carbonyl (C=O) groups excluding carboxylic acids is 1. The van der Waals surface area contributed by atoms with Crippen LogP contribution in [0.4, 0.5) is 11.4 Å². The maximum Gasteiger partial charge on any atom is 0.294 e. The Morgan fingerprint density at radius 2 is 2.12 bits per heavy atom. The molecule has 0 radical (unpaired) electrons. The predicted octanol–water partition coefficient (Wildman–Crippen LogP) is 3.17. The van der Waals surface area contributed by atoms with E-state index in [2.05, 4.69) is 21.0 Å². The van der Waals surface area contributed by atoms with E-state index in [1.807, 2.05) is 17.5 Å². The Labute approximate surface area is 152 Å². The molecular weight excluding hydrogens is 358 g/mol. The molecule has 1 aromatic carbocycles. The van der Waals surface area contributed by atoms with Crippen LogP contribution >= 0.6 is 11.3 Å². The van der Waals surface area contributed by atoms with Crippen molar-refractivity contribution in [2.24, 2.45) is 0 Å². The highest BCUT2D eigenvalue weighted by Gasteiger charge is 2.13. The van der Waals surface area contributed by atoms with Gasteiger partial charge in [-0.25, -0.2) is 0 Å². The zero-order chi connectivity index (χ0) is 18.4. The van der Waals surface area contributed by atoms with Crippen LogP contribution in [0.15, 0.2) is 46.3 Å². The number of anilines is 1. The largest absolute Gasteiger partial charge is 0.339 e. The molecule has 0 bridgehead atoms. The number of aromatic nitrogens is 2. The maximum absolute atomic E-state index is 11.9. The van der Waals surface area contributed by atoms with Crippen molar-refractivity contribution in [2.45, 2.75) is 19.3 Å². The van der Waals surface area contributed by atoms with Gasteiger partial charge in [0.25, 0.3) is 5.69 Å². The van der Waals surface area contributed by atoms with Gasteiger partial charge in [-0.1, -0.05) is 23.4 Å². The van der Waals surface area contributed by atoms with Crippen LogP contribution in [0.1, 0.15) is 18.7 Å². The summed E-state index contributed by atoms with van der Waals surface area (Å²) in [5.41, 5.74) is 5.14. The number of hydrazine groups is 1. The lowest BCUT2D eigenvalue weighted by molar-refractivity contribution is -0.384. The summed E-state index contributed by atoms with van der Waals surface area (Å²) in [4.78, 5) is 27.5. The number of para-hydroxylation sites is 2. The lowest BCUT2D eigenvalue weighted by atomic mass is 10.2. The standard InChI is InChI=1S/C16H15N5O4S/c22-14(19-18-11-5-1-2-6-12(11)21(23)24)8-3-9-15-17-16(20-25-15)13-7-4-10-26-13/h1-2,4-7,10,18H,3,8-9H2,(H,19,22). The topological polar surface area (TPSA) is 123 Å². The van der Waals surface area contributed by atoms with Gasteiger partial charge in [-0.3, -0.25) is 25.8 Å². The number of nitro benzene ring substituents is 1. The van der Waals surface area contributed by atoms with Crippen LogP contribution < -0.4 is 10.9 Å².